The van der Waals surface area contributed by atoms with Crippen LogP contribution in [0.4, 0.5) is 0 Å². The lowest BCUT2D eigenvalue weighted by molar-refractivity contribution is 0.389. The van der Waals surface area contributed by atoms with Crippen LogP contribution >= 0.6 is 0 Å². The van der Waals surface area contributed by atoms with Gasteiger partial charge >= 0.3 is 10.4 Å². The lowest BCUT2D eigenvalue weighted by atomic mass is 10.0. The molecule has 0 bridgehead atoms. The molecule has 0 saturated heterocycles. The smallest absolute Gasteiger partial charge is 0.353 e. The summed E-state index contributed by atoms with van der Waals surface area (Å²) in [5, 5.41) is 0. The van der Waals surface area contributed by atoms with E-state index in [-0.39, 0.29) is 11.5 Å². The van der Waals surface area contributed by atoms with Gasteiger partial charge in [-0.25, -0.2) is 0 Å². The zero-order valence-corrected chi connectivity index (χ0v) is 17.7. The summed E-state index contributed by atoms with van der Waals surface area (Å²) in [5.41, 5.74) is 3.65. The number of hydrogen-bond donors (Lipinski definition) is 0. The van der Waals surface area contributed by atoms with E-state index in [0.29, 0.717) is 12.8 Å². The van der Waals surface area contributed by atoms with Gasteiger partial charge in [0.1, 0.15) is 11.5 Å². The highest BCUT2D eigenvalue weighted by molar-refractivity contribution is 7.82. The molecule has 0 heterocycles. The summed E-state index contributed by atoms with van der Waals surface area (Å²) in [4.78, 5) is 0. The fourth-order valence-corrected chi connectivity index (χ4v) is 4.13. The first-order valence-corrected chi connectivity index (χ1v) is 11.3. The average molecular weight is 431 g/mol. The second kappa shape index (κ2) is 9.49. The Morgan fingerprint density at radius 2 is 0.839 bits per heavy atom. The van der Waals surface area contributed by atoms with Crippen molar-refractivity contribution in [1.29, 1.82) is 0 Å². The molecule has 0 aliphatic rings. The highest BCUT2D eigenvalue weighted by Crippen LogP contribution is 2.26. The van der Waals surface area contributed by atoms with Gasteiger partial charge in [0.15, 0.2) is 0 Å². The van der Waals surface area contributed by atoms with Crippen molar-refractivity contribution >= 4 is 10.4 Å². The van der Waals surface area contributed by atoms with Crippen LogP contribution in [0.3, 0.4) is 0 Å². The van der Waals surface area contributed by atoms with Gasteiger partial charge in [-0.2, -0.15) is 0 Å². The van der Waals surface area contributed by atoms with Gasteiger partial charge in [0.05, 0.1) is 0 Å². The normalized spacial score (nSPS) is 11.1. The second-order valence-corrected chi connectivity index (χ2v) is 8.26. The Bertz CT molecular complexity index is 1140. The van der Waals surface area contributed by atoms with Crippen molar-refractivity contribution in [2.24, 2.45) is 0 Å². The van der Waals surface area contributed by atoms with Gasteiger partial charge in [-0.3, -0.25) is 0 Å². The highest BCUT2D eigenvalue weighted by Gasteiger charge is 2.20. The molecular weight excluding hydrogens is 408 g/mol. The largest absolute Gasteiger partial charge is 0.501 e. The Morgan fingerprint density at radius 1 is 0.484 bits per heavy atom. The van der Waals surface area contributed by atoms with Crippen LogP contribution < -0.4 is 8.37 Å². The van der Waals surface area contributed by atoms with E-state index in [2.05, 4.69) is 0 Å². The van der Waals surface area contributed by atoms with Crippen LogP contribution in [0.5, 0.6) is 11.5 Å². The van der Waals surface area contributed by atoms with E-state index in [4.69, 9.17) is 8.37 Å². The molecule has 0 aliphatic carbocycles. The van der Waals surface area contributed by atoms with E-state index in [1.54, 1.807) is 24.3 Å². The third-order valence-corrected chi connectivity index (χ3v) is 5.57. The minimum Gasteiger partial charge on any atom is -0.353 e. The molecule has 0 saturated carbocycles. The molecule has 0 N–H and O–H groups in total. The van der Waals surface area contributed by atoms with E-state index < -0.39 is 10.4 Å². The Labute approximate surface area is 183 Å². The van der Waals surface area contributed by atoms with Crippen molar-refractivity contribution in [2.45, 2.75) is 12.8 Å². The van der Waals surface area contributed by atoms with Crippen LogP contribution in [-0.4, -0.2) is 8.42 Å². The molecule has 0 unspecified atom stereocenters. The molecular formula is C26H22O4S. The maximum Gasteiger partial charge on any atom is 0.501 e. The molecule has 0 fully saturated rings. The monoisotopic (exact) mass is 430 g/mol. The molecule has 156 valence electrons. The summed E-state index contributed by atoms with van der Waals surface area (Å²) in [7, 11) is -4.32. The number of benzene rings is 4. The summed E-state index contributed by atoms with van der Waals surface area (Å²) in [6.07, 6.45) is 1.11. The Balaban J connectivity index is 1.54. The molecule has 0 radical (unpaired) electrons. The highest BCUT2D eigenvalue weighted by atomic mass is 32.3. The maximum absolute atomic E-state index is 12.7. The van der Waals surface area contributed by atoms with Gasteiger partial charge in [-0.05, 0) is 23.3 Å². The van der Waals surface area contributed by atoms with Crippen molar-refractivity contribution < 1.29 is 16.8 Å². The molecule has 4 nitrogen and oxygen atoms in total. The van der Waals surface area contributed by atoms with Crippen LogP contribution in [0.1, 0.15) is 22.3 Å². The van der Waals surface area contributed by atoms with Crippen LogP contribution in [0.2, 0.25) is 0 Å². The summed E-state index contributed by atoms with van der Waals surface area (Å²) < 4.78 is 36.2. The quantitative estimate of drug-likeness (QED) is 0.367. The molecule has 4 aromatic rings. The molecule has 0 aromatic heterocycles. The number of para-hydroxylation sites is 2. The molecule has 31 heavy (non-hydrogen) atoms. The van der Waals surface area contributed by atoms with Gasteiger partial charge < -0.3 is 8.37 Å². The predicted octanol–water partition coefficient (Wildman–Crippen LogP) is 5.57. The molecule has 4 rings (SSSR count). The summed E-state index contributed by atoms with van der Waals surface area (Å²) in [6, 6.07) is 33.8. The maximum atomic E-state index is 12.7. The van der Waals surface area contributed by atoms with Gasteiger partial charge in [0.2, 0.25) is 0 Å². The van der Waals surface area contributed by atoms with E-state index in [9.17, 15) is 8.42 Å². The SMILES string of the molecule is O=S(=O)(Oc1ccccc1Cc1ccccc1)Oc1ccccc1Cc1ccccc1. The van der Waals surface area contributed by atoms with Crippen molar-refractivity contribution in [3.8, 4) is 11.5 Å². The second-order valence-electron chi connectivity index (χ2n) is 7.12. The average Bonchev–Trinajstić information content (AvgIpc) is 2.78. The fraction of sp³-hybridized carbons (Fsp3) is 0.0769. The molecule has 0 aliphatic heterocycles. The first-order valence-electron chi connectivity index (χ1n) is 9.97. The first kappa shape index (κ1) is 20.7. The molecule has 0 amide bonds. The molecule has 4 aromatic carbocycles. The van der Waals surface area contributed by atoms with Crippen molar-refractivity contribution in [3.63, 3.8) is 0 Å². The Hall–Kier alpha value is -3.57. The minimum absolute atomic E-state index is 0.256. The molecule has 0 atom stereocenters. The van der Waals surface area contributed by atoms with Crippen LogP contribution in [-0.2, 0) is 23.2 Å². The summed E-state index contributed by atoms with van der Waals surface area (Å²) in [6.45, 7) is 0. The zero-order valence-electron chi connectivity index (χ0n) is 16.8. The molecule has 0 spiro atoms. The van der Waals surface area contributed by atoms with E-state index >= 15 is 0 Å². The first-order chi connectivity index (χ1) is 15.1. The number of rotatable bonds is 8. The standard InChI is InChI=1S/C26H22O4S/c27-31(28,29-25-17-9-7-15-23(25)19-21-11-3-1-4-12-21)30-26-18-10-8-16-24(26)20-22-13-5-2-6-14-22/h1-18H,19-20H2. The van der Waals surface area contributed by atoms with Crippen LogP contribution in [0.25, 0.3) is 0 Å². The lowest BCUT2D eigenvalue weighted by Gasteiger charge is -2.14. The third-order valence-electron chi connectivity index (χ3n) is 4.80. The van der Waals surface area contributed by atoms with E-state index in [1.165, 1.54) is 0 Å². The third kappa shape index (κ3) is 5.74. The topological polar surface area (TPSA) is 52.6 Å². The van der Waals surface area contributed by atoms with Crippen molar-refractivity contribution in [2.75, 3.05) is 0 Å². The summed E-state index contributed by atoms with van der Waals surface area (Å²) >= 11 is 0. The van der Waals surface area contributed by atoms with E-state index in [0.717, 1.165) is 22.3 Å². The van der Waals surface area contributed by atoms with Crippen molar-refractivity contribution in [3.05, 3.63) is 131 Å². The lowest BCUT2D eigenvalue weighted by Crippen LogP contribution is -2.18. The van der Waals surface area contributed by atoms with Gasteiger partial charge in [-0.15, -0.1) is 8.42 Å². The van der Waals surface area contributed by atoms with Gasteiger partial charge in [0, 0.05) is 24.0 Å². The molecule has 5 heteroatoms. The zero-order chi connectivity index (χ0) is 21.5. The van der Waals surface area contributed by atoms with Gasteiger partial charge in [0.25, 0.3) is 0 Å². The fourth-order valence-electron chi connectivity index (χ4n) is 3.33. The minimum atomic E-state index is -4.32. The van der Waals surface area contributed by atoms with Crippen LogP contribution in [0.15, 0.2) is 109 Å². The van der Waals surface area contributed by atoms with Crippen molar-refractivity contribution in [1.82, 2.24) is 0 Å². The van der Waals surface area contributed by atoms with Gasteiger partial charge in [-0.1, -0.05) is 97.1 Å². The van der Waals surface area contributed by atoms with Crippen LogP contribution in [0, 0.1) is 0 Å². The predicted molar refractivity (Wildman–Crippen MR) is 122 cm³/mol. The number of hydrogen-bond acceptors (Lipinski definition) is 4. The Kier molecular flexibility index (Phi) is 6.34. The Morgan fingerprint density at radius 3 is 1.26 bits per heavy atom. The van der Waals surface area contributed by atoms with E-state index in [1.807, 2.05) is 84.9 Å². The summed E-state index contributed by atoms with van der Waals surface area (Å²) in [5.74, 6) is 0.513.